The number of rotatable bonds is 8. The summed E-state index contributed by atoms with van der Waals surface area (Å²) in [6.07, 6.45) is -0.710. The van der Waals surface area contributed by atoms with Gasteiger partial charge in [0.2, 0.25) is 0 Å². The van der Waals surface area contributed by atoms with Gasteiger partial charge in [0, 0.05) is 17.7 Å². The number of carboxylic acid groups (broad SMARTS) is 1. The summed E-state index contributed by atoms with van der Waals surface area (Å²) in [6, 6.07) is 16.6. The molecule has 0 spiro atoms. The molecule has 1 unspecified atom stereocenters. The van der Waals surface area contributed by atoms with Crippen LogP contribution >= 0.6 is 23.1 Å². The summed E-state index contributed by atoms with van der Waals surface area (Å²) >= 11 is 2.59. The Labute approximate surface area is 183 Å². The highest BCUT2D eigenvalue weighted by atomic mass is 32.2. The van der Waals surface area contributed by atoms with Crippen LogP contribution in [0.1, 0.15) is 36.6 Å². The number of nitrogens with zero attached hydrogens (tertiary/aromatic N) is 1. The zero-order chi connectivity index (χ0) is 21.3. The molecule has 1 aliphatic carbocycles. The van der Waals surface area contributed by atoms with Gasteiger partial charge in [-0.15, -0.1) is 11.3 Å². The fourth-order valence-corrected chi connectivity index (χ4v) is 5.78. The molecule has 3 aromatic rings. The number of fused-ring (bicyclic) bond motifs is 3. The lowest BCUT2D eigenvalue weighted by atomic mass is 9.98. The Hall–Kier alpha value is -2.19. The number of hydrogen-bond acceptors (Lipinski definition) is 6. The van der Waals surface area contributed by atoms with Crippen molar-refractivity contribution in [1.29, 1.82) is 0 Å². The topological polar surface area (TPSA) is 79.7 Å². The second-order valence-electron chi connectivity index (χ2n) is 7.74. The molecule has 0 aliphatic heterocycles. The van der Waals surface area contributed by atoms with Crippen LogP contribution in [0.3, 0.4) is 0 Å². The molecule has 5 nitrogen and oxygen atoms in total. The van der Waals surface area contributed by atoms with Crippen molar-refractivity contribution in [3.05, 3.63) is 70.7 Å². The molecule has 0 fully saturated rings. The van der Waals surface area contributed by atoms with Gasteiger partial charge in [-0.1, -0.05) is 60.3 Å². The molecular weight excluding hydrogens is 418 g/mol. The molecule has 1 atom stereocenters. The van der Waals surface area contributed by atoms with Gasteiger partial charge in [0.1, 0.15) is 4.75 Å². The van der Waals surface area contributed by atoms with Gasteiger partial charge >= 0.3 is 5.97 Å². The highest BCUT2D eigenvalue weighted by Gasteiger charge is 2.30. The highest BCUT2D eigenvalue weighted by Crippen LogP contribution is 2.44. The predicted molar refractivity (Wildman–Crippen MR) is 119 cm³/mol. The van der Waals surface area contributed by atoms with Crippen molar-refractivity contribution in [2.75, 3.05) is 6.61 Å². The number of aliphatic hydroxyl groups is 1. The first-order valence-corrected chi connectivity index (χ1v) is 11.4. The molecule has 0 saturated carbocycles. The van der Waals surface area contributed by atoms with E-state index in [1.54, 1.807) is 13.8 Å². The molecule has 0 amide bonds. The lowest BCUT2D eigenvalue weighted by Gasteiger charge is -2.17. The molecule has 30 heavy (non-hydrogen) atoms. The number of ether oxygens (including phenoxy) is 1. The fraction of sp³-hybridized carbons (Fsp3) is 0.304. The van der Waals surface area contributed by atoms with Crippen molar-refractivity contribution in [3.8, 4) is 11.1 Å². The predicted octanol–water partition coefficient (Wildman–Crippen LogP) is 4.79. The van der Waals surface area contributed by atoms with E-state index >= 15 is 0 Å². The first-order chi connectivity index (χ1) is 14.3. The van der Waals surface area contributed by atoms with Crippen molar-refractivity contribution in [2.24, 2.45) is 0 Å². The van der Waals surface area contributed by atoms with E-state index in [0.29, 0.717) is 16.6 Å². The van der Waals surface area contributed by atoms with E-state index < -0.39 is 17.0 Å². The van der Waals surface area contributed by atoms with E-state index in [2.05, 4.69) is 29.2 Å². The first kappa shape index (κ1) is 21.1. The van der Waals surface area contributed by atoms with Crippen LogP contribution in [0.5, 0.6) is 0 Å². The number of hydrogen-bond donors (Lipinski definition) is 2. The lowest BCUT2D eigenvalue weighted by Crippen LogP contribution is -2.26. The number of thioether (sulfide) groups is 1. The lowest BCUT2D eigenvalue weighted by molar-refractivity contribution is -0.138. The van der Waals surface area contributed by atoms with Crippen LogP contribution in [0.25, 0.3) is 11.1 Å². The Kier molecular flexibility index (Phi) is 5.97. The standard InChI is InChI=1S/C23H23NO4S2/c1-23(2,21(26)27)30-22-24-14(13-29-22)11-20(25)28-12-19-17-9-5-3-7-15(17)16-8-4-6-10-18(16)19/h3-10,13,19-20,25H,11-12H2,1-2H3,(H,26,27). The van der Waals surface area contributed by atoms with E-state index in [1.807, 2.05) is 29.6 Å². The Morgan fingerprint density at radius 1 is 1.17 bits per heavy atom. The zero-order valence-electron chi connectivity index (χ0n) is 16.7. The zero-order valence-corrected chi connectivity index (χ0v) is 18.4. The van der Waals surface area contributed by atoms with Crippen LogP contribution in [0, 0.1) is 0 Å². The largest absolute Gasteiger partial charge is 0.480 e. The third kappa shape index (κ3) is 4.30. The van der Waals surface area contributed by atoms with Gasteiger partial charge in [-0.05, 0) is 36.1 Å². The fourth-order valence-electron chi connectivity index (χ4n) is 3.58. The van der Waals surface area contributed by atoms with Gasteiger partial charge in [0.05, 0.1) is 12.3 Å². The third-order valence-corrected chi connectivity index (χ3v) is 7.36. The minimum absolute atomic E-state index is 0.0879. The summed E-state index contributed by atoms with van der Waals surface area (Å²) in [4.78, 5) is 15.7. The first-order valence-electron chi connectivity index (χ1n) is 9.70. The average molecular weight is 442 g/mol. The molecule has 2 aromatic carbocycles. The van der Waals surface area contributed by atoms with E-state index in [0.717, 1.165) is 0 Å². The average Bonchev–Trinajstić information content (AvgIpc) is 3.28. The number of thiazole rings is 1. The van der Waals surface area contributed by atoms with Gasteiger partial charge in [-0.25, -0.2) is 4.98 Å². The summed E-state index contributed by atoms with van der Waals surface area (Å²) in [7, 11) is 0. The Bertz CT molecular complexity index is 1020. The second-order valence-corrected chi connectivity index (χ2v) is 10.5. The van der Waals surface area contributed by atoms with E-state index in [9.17, 15) is 15.0 Å². The highest BCUT2D eigenvalue weighted by molar-refractivity contribution is 8.02. The third-order valence-electron chi connectivity index (χ3n) is 5.19. The molecular formula is C23H23NO4S2. The van der Waals surface area contributed by atoms with E-state index in [4.69, 9.17) is 4.74 Å². The molecule has 1 aliphatic rings. The maximum Gasteiger partial charge on any atom is 0.319 e. The summed E-state index contributed by atoms with van der Waals surface area (Å²) in [5, 5.41) is 21.5. The summed E-state index contributed by atoms with van der Waals surface area (Å²) in [6.45, 7) is 3.68. The molecule has 7 heteroatoms. The number of aliphatic hydroxyl groups excluding tert-OH is 1. The quantitative estimate of drug-likeness (QED) is 0.387. The van der Waals surface area contributed by atoms with Gasteiger partial charge in [0.15, 0.2) is 10.6 Å². The summed E-state index contributed by atoms with van der Waals surface area (Å²) in [5.41, 5.74) is 5.57. The molecule has 0 bridgehead atoms. The molecule has 0 saturated heterocycles. The number of carbonyl (C=O) groups is 1. The Balaban J connectivity index is 1.39. The maximum absolute atomic E-state index is 11.3. The Morgan fingerprint density at radius 2 is 1.77 bits per heavy atom. The van der Waals surface area contributed by atoms with Crippen molar-refractivity contribution in [1.82, 2.24) is 4.98 Å². The van der Waals surface area contributed by atoms with E-state index in [-0.39, 0.29) is 12.3 Å². The number of aliphatic carboxylic acids is 1. The van der Waals surface area contributed by atoms with Crippen molar-refractivity contribution in [3.63, 3.8) is 0 Å². The SMILES string of the molecule is CC(C)(Sc1nc(CC(O)OCC2c3ccccc3-c3ccccc32)cs1)C(=O)O. The number of benzene rings is 2. The van der Waals surface area contributed by atoms with Crippen LogP contribution in [-0.2, 0) is 16.0 Å². The molecule has 0 radical (unpaired) electrons. The summed E-state index contributed by atoms with van der Waals surface area (Å²) < 4.78 is 5.53. The number of carboxylic acids is 1. The monoisotopic (exact) mass is 441 g/mol. The van der Waals surface area contributed by atoms with Crippen LogP contribution in [0.4, 0.5) is 0 Å². The van der Waals surface area contributed by atoms with Crippen LogP contribution in [-0.4, -0.2) is 38.8 Å². The van der Waals surface area contributed by atoms with Gasteiger partial charge in [0.25, 0.3) is 0 Å². The second kappa shape index (κ2) is 8.51. The molecule has 1 heterocycles. The van der Waals surface area contributed by atoms with Gasteiger partial charge in [-0.3, -0.25) is 4.79 Å². The van der Waals surface area contributed by atoms with Crippen LogP contribution in [0.2, 0.25) is 0 Å². The minimum Gasteiger partial charge on any atom is -0.480 e. The van der Waals surface area contributed by atoms with Crippen LogP contribution in [0.15, 0.2) is 58.3 Å². The van der Waals surface area contributed by atoms with Gasteiger partial charge < -0.3 is 14.9 Å². The van der Waals surface area contributed by atoms with Crippen molar-refractivity contribution < 1.29 is 19.7 Å². The van der Waals surface area contributed by atoms with Crippen molar-refractivity contribution in [2.45, 2.75) is 41.6 Å². The Morgan fingerprint density at radius 3 is 2.37 bits per heavy atom. The smallest absolute Gasteiger partial charge is 0.319 e. The molecule has 156 valence electrons. The maximum atomic E-state index is 11.3. The molecule has 4 rings (SSSR count). The molecule has 2 N–H and O–H groups in total. The van der Waals surface area contributed by atoms with Gasteiger partial charge in [-0.2, -0.15) is 0 Å². The van der Waals surface area contributed by atoms with Crippen molar-refractivity contribution >= 4 is 29.1 Å². The minimum atomic E-state index is -0.975. The van der Waals surface area contributed by atoms with Crippen LogP contribution < -0.4 is 0 Å². The molecule has 1 aromatic heterocycles. The van der Waals surface area contributed by atoms with E-state index in [1.165, 1.54) is 45.4 Å². The number of aromatic nitrogens is 1. The summed E-state index contributed by atoms with van der Waals surface area (Å²) in [5.74, 6) is -0.797. The normalized spacial score (nSPS) is 14.4.